The van der Waals surface area contributed by atoms with Crippen molar-refractivity contribution in [3.05, 3.63) is 93.4 Å². The summed E-state index contributed by atoms with van der Waals surface area (Å²) in [5.74, 6) is -2.19. The van der Waals surface area contributed by atoms with Gasteiger partial charge in [0.2, 0.25) is 11.4 Å². The highest BCUT2D eigenvalue weighted by molar-refractivity contribution is 6.31. The number of nitrogens with one attached hydrogen (secondary N) is 1. The number of hydrogen-bond acceptors (Lipinski definition) is 8. The zero-order valence-electron chi connectivity index (χ0n) is 23.8. The summed E-state index contributed by atoms with van der Waals surface area (Å²) >= 11 is 5.87. The molecule has 4 heterocycles. The fraction of sp³-hybridized carbons (Fsp3) is 0.233. The number of benzene rings is 2. The summed E-state index contributed by atoms with van der Waals surface area (Å²) in [4.78, 5) is 36.2. The van der Waals surface area contributed by atoms with E-state index in [1.807, 2.05) is 0 Å². The van der Waals surface area contributed by atoms with Gasteiger partial charge in [0.05, 0.1) is 23.8 Å². The molecule has 0 aliphatic carbocycles. The van der Waals surface area contributed by atoms with Gasteiger partial charge in [0.1, 0.15) is 11.4 Å². The molecular formula is C30H24ClF4N7O4. The lowest BCUT2D eigenvalue weighted by molar-refractivity contribution is -0.141. The van der Waals surface area contributed by atoms with E-state index in [1.165, 1.54) is 30.6 Å². The SMILES string of the molecule is O=C(O)c1cn(CCN2CCOCC2)c2ccc(-c3cnc(Nc4ccc(F)c(Cl)c4)nc3-n3ccc(C(F)(F)F)n3)cc2c1=O. The normalized spacial score (nSPS) is 14.1. The van der Waals surface area contributed by atoms with Gasteiger partial charge in [0, 0.05) is 61.4 Å². The number of morpholine rings is 1. The number of nitrogens with zero attached hydrogens (tertiary/aromatic N) is 6. The Balaban J connectivity index is 1.45. The van der Waals surface area contributed by atoms with E-state index in [0.717, 1.165) is 36.1 Å². The predicted molar refractivity (Wildman–Crippen MR) is 160 cm³/mol. The molecule has 0 unspecified atom stereocenters. The average Bonchev–Trinajstić information content (AvgIpc) is 3.54. The van der Waals surface area contributed by atoms with Crippen molar-refractivity contribution in [3.8, 4) is 16.9 Å². The van der Waals surface area contributed by atoms with Crippen LogP contribution in [0.4, 0.5) is 29.2 Å². The summed E-state index contributed by atoms with van der Waals surface area (Å²) in [6, 6.07) is 9.30. The Labute approximate surface area is 262 Å². The first-order valence-electron chi connectivity index (χ1n) is 13.9. The van der Waals surface area contributed by atoms with Gasteiger partial charge in [-0.05, 0) is 42.0 Å². The Kier molecular flexibility index (Phi) is 8.46. The number of carboxylic acids is 1. The van der Waals surface area contributed by atoms with Crippen LogP contribution in [0.2, 0.25) is 5.02 Å². The monoisotopic (exact) mass is 657 g/mol. The maximum atomic E-state index is 13.7. The van der Waals surface area contributed by atoms with E-state index in [-0.39, 0.29) is 27.7 Å². The van der Waals surface area contributed by atoms with Crippen molar-refractivity contribution in [3.63, 3.8) is 0 Å². The molecule has 46 heavy (non-hydrogen) atoms. The lowest BCUT2D eigenvalue weighted by Crippen LogP contribution is -2.38. The van der Waals surface area contributed by atoms with E-state index in [9.17, 15) is 32.3 Å². The molecule has 1 aliphatic rings. The minimum absolute atomic E-state index is 0.0649. The summed E-state index contributed by atoms with van der Waals surface area (Å²) in [6.45, 7) is 3.61. The van der Waals surface area contributed by atoms with Crippen molar-refractivity contribution in [2.24, 2.45) is 0 Å². The Morgan fingerprint density at radius 2 is 1.87 bits per heavy atom. The highest BCUT2D eigenvalue weighted by Crippen LogP contribution is 2.32. The molecule has 2 aromatic carbocycles. The first-order chi connectivity index (χ1) is 22.0. The number of pyridine rings is 1. The molecular weight excluding hydrogens is 634 g/mol. The summed E-state index contributed by atoms with van der Waals surface area (Å²) in [6.07, 6.45) is -1.02. The van der Waals surface area contributed by atoms with Gasteiger partial charge in [-0.25, -0.2) is 18.9 Å². The van der Waals surface area contributed by atoms with E-state index < -0.39 is 34.6 Å². The highest BCUT2D eigenvalue weighted by Gasteiger charge is 2.34. The van der Waals surface area contributed by atoms with Crippen LogP contribution in [0.15, 0.2) is 65.8 Å². The van der Waals surface area contributed by atoms with Gasteiger partial charge in [-0.15, -0.1) is 0 Å². The maximum absolute atomic E-state index is 13.7. The van der Waals surface area contributed by atoms with Crippen LogP contribution in [0.25, 0.3) is 27.8 Å². The van der Waals surface area contributed by atoms with Gasteiger partial charge in [-0.3, -0.25) is 9.69 Å². The third kappa shape index (κ3) is 6.42. The number of ether oxygens (including phenoxy) is 1. The zero-order chi connectivity index (χ0) is 32.6. The van der Waals surface area contributed by atoms with Crippen LogP contribution in [0, 0.1) is 5.82 Å². The molecule has 16 heteroatoms. The average molecular weight is 658 g/mol. The lowest BCUT2D eigenvalue weighted by atomic mass is 10.0. The third-order valence-corrected chi connectivity index (χ3v) is 7.71. The van der Waals surface area contributed by atoms with Crippen LogP contribution in [0.5, 0.6) is 0 Å². The number of halogens is 5. The Morgan fingerprint density at radius 1 is 1.09 bits per heavy atom. The molecule has 5 aromatic rings. The molecule has 238 valence electrons. The standard InChI is InChI=1S/C30H24ClF4N7O4/c31-22-14-18(2-3-23(22)32)37-29-36-15-20(27(38-29)42-6-5-25(39-42)30(33,34)35)17-1-4-24-19(13-17)26(43)21(28(44)45)16-41(24)8-7-40-9-11-46-12-10-40/h1-6,13-16H,7-12H2,(H,44,45)(H,36,37,38). The number of fused-ring (bicyclic) bond motifs is 1. The summed E-state index contributed by atoms with van der Waals surface area (Å²) in [5, 5.41) is 16.2. The first kappa shape index (κ1) is 31.1. The van der Waals surface area contributed by atoms with Crippen molar-refractivity contribution in [1.82, 2.24) is 29.2 Å². The molecule has 0 saturated carbocycles. The quantitative estimate of drug-likeness (QED) is 0.216. The summed E-state index contributed by atoms with van der Waals surface area (Å²) in [7, 11) is 0. The molecule has 0 bridgehead atoms. The summed E-state index contributed by atoms with van der Waals surface area (Å²) in [5.41, 5.74) is -1.01. The molecule has 0 amide bonds. The van der Waals surface area contributed by atoms with Crippen LogP contribution in [-0.2, 0) is 17.5 Å². The Morgan fingerprint density at radius 3 is 2.57 bits per heavy atom. The molecule has 0 atom stereocenters. The highest BCUT2D eigenvalue weighted by atomic mass is 35.5. The summed E-state index contributed by atoms with van der Waals surface area (Å²) < 4.78 is 62.0. The van der Waals surface area contributed by atoms with Gasteiger partial charge in [0.25, 0.3) is 0 Å². The molecule has 1 saturated heterocycles. The van der Waals surface area contributed by atoms with Crippen LogP contribution in [-0.4, -0.2) is 73.1 Å². The number of carbonyl (C=O) groups is 1. The molecule has 0 spiro atoms. The predicted octanol–water partition coefficient (Wildman–Crippen LogP) is 5.23. The van der Waals surface area contributed by atoms with E-state index in [2.05, 4.69) is 25.3 Å². The molecule has 6 rings (SSSR count). The Bertz CT molecular complexity index is 2010. The maximum Gasteiger partial charge on any atom is 0.435 e. The van der Waals surface area contributed by atoms with E-state index >= 15 is 0 Å². The smallest absolute Gasteiger partial charge is 0.435 e. The van der Waals surface area contributed by atoms with Gasteiger partial charge in [-0.2, -0.15) is 23.3 Å². The Hall–Kier alpha value is -4.86. The van der Waals surface area contributed by atoms with E-state index in [0.29, 0.717) is 43.1 Å². The zero-order valence-corrected chi connectivity index (χ0v) is 24.5. The van der Waals surface area contributed by atoms with Crippen LogP contribution >= 0.6 is 11.6 Å². The molecule has 2 N–H and O–H groups in total. The number of rotatable bonds is 8. The fourth-order valence-corrected chi connectivity index (χ4v) is 5.26. The molecule has 0 radical (unpaired) electrons. The molecule has 1 aliphatic heterocycles. The van der Waals surface area contributed by atoms with Crippen molar-refractivity contribution >= 4 is 40.1 Å². The lowest BCUT2D eigenvalue weighted by Gasteiger charge is -2.27. The number of anilines is 2. The first-order valence-corrected chi connectivity index (χ1v) is 14.3. The number of aromatic carboxylic acids is 1. The molecule has 1 fully saturated rings. The largest absolute Gasteiger partial charge is 0.477 e. The number of carboxylic acid groups (broad SMARTS) is 1. The van der Waals surface area contributed by atoms with Crippen molar-refractivity contribution in [2.75, 3.05) is 38.2 Å². The van der Waals surface area contributed by atoms with Crippen LogP contribution in [0.1, 0.15) is 16.1 Å². The third-order valence-electron chi connectivity index (χ3n) is 7.42. The number of aromatic nitrogens is 5. The van der Waals surface area contributed by atoms with E-state index in [1.54, 1.807) is 16.7 Å². The topological polar surface area (TPSA) is 127 Å². The van der Waals surface area contributed by atoms with Crippen LogP contribution < -0.4 is 10.7 Å². The fourth-order valence-electron chi connectivity index (χ4n) is 5.08. The van der Waals surface area contributed by atoms with E-state index in [4.69, 9.17) is 16.3 Å². The van der Waals surface area contributed by atoms with Gasteiger partial charge < -0.3 is 19.7 Å². The van der Waals surface area contributed by atoms with Gasteiger partial charge in [-0.1, -0.05) is 17.7 Å². The second kappa shape index (κ2) is 12.5. The van der Waals surface area contributed by atoms with Gasteiger partial charge in [0.15, 0.2) is 11.5 Å². The van der Waals surface area contributed by atoms with Crippen LogP contribution in [0.3, 0.4) is 0 Å². The van der Waals surface area contributed by atoms with Crippen molar-refractivity contribution in [1.29, 1.82) is 0 Å². The second-order valence-electron chi connectivity index (χ2n) is 10.4. The minimum atomic E-state index is -4.73. The molecule has 3 aromatic heterocycles. The number of hydrogen-bond donors (Lipinski definition) is 2. The van der Waals surface area contributed by atoms with Crippen molar-refractivity contribution in [2.45, 2.75) is 12.7 Å². The van der Waals surface area contributed by atoms with Gasteiger partial charge >= 0.3 is 12.1 Å². The molecule has 11 nitrogen and oxygen atoms in total. The number of alkyl halides is 3. The minimum Gasteiger partial charge on any atom is -0.477 e. The second-order valence-corrected chi connectivity index (χ2v) is 10.8. The van der Waals surface area contributed by atoms with Crippen molar-refractivity contribution < 1.29 is 32.2 Å².